The molecule has 40 heavy (non-hydrogen) atoms. The Morgan fingerprint density at radius 1 is 1.18 bits per heavy atom. The summed E-state index contributed by atoms with van der Waals surface area (Å²) in [6.45, 7) is 7.34. The van der Waals surface area contributed by atoms with E-state index in [0.29, 0.717) is 22.5 Å². The lowest BCUT2D eigenvalue weighted by Crippen LogP contribution is -2.44. The molecular weight excluding hydrogens is 548 g/mol. The molecule has 2 aromatic heterocycles. The highest BCUT2D eigenvalue weighted by atomic mass is 35.5. The van der Waals surface area contributed by atoms with Crippen LogP contribution in [0.3, 0.4) is 0 Å². The minimum atomic E-state index is -0.338. The number of nitrogens with zero attached hydrogens (tertiary/aromatic N) is 4. The number of aryl methyl sites for hydroxylation is 1. The number of carbonyl (C=O) groups is 1. The molecule has 1 aromatic carbocycles. The van der Waals surface area contributed by atoms with E-state index in [4.69, 9.17) is 21.3 Å². The van der Waals surface area contributed by atoms with Crippen molar-refractivity contribution in [2.75, 3.05) is 42.8 Å². The van der Waals surface area contributed by atoms with Gasteiger partial charge in [0.15, 0.2) is 5.69 Å². The van der Waals surface area contributed by atoms with Gasteiger partial charge in [-0.1, -0.05) is 36.0 Å². The highest BCUT2D eigenvalue weighted by Gasteiger charge is 2.36. The molecule has 9 nitrogen and oxygen atoms in total. The molecule has 5 rings (SSSR count). The van der Waals surface area contributed by atoms with Crippen molar-refractivity contribution in [3.8, 4) is 0 Å². The first kappa shape index (κ1) is 28.7. The van der Waals surface area contributed by atoms with Crippen LogP contribution < -0.4 is 20.5 Å². The molecule has 0 saturated carbocycles. The molecule has 2 fully saturated rings. The second-order valence-electron chi connectivity index (χ2n) is 11.1. The van der Waals surface area contributed by atoms with Crippen LogP contribution in [0.25, 0.3) is 10.9 Å². The summed E-state index contributed by atoms with van der Waals surface area (Å²) < 4.78 is 10.3. The third-order valence-electron chi connectivity index (χ3n) is 8.20. The number of fused-ring (bicyclic) bond motifs is 1. The maximum absolute atomic E-state index is 13.6. The van der Waals surface area contributed by atoms with E-state index in [0.717, 1.165) is 56.7 Å². The number of pyridine rings is 1. The fourth-order valence-corrected chi connectivity index (χ4v) is 6.40. The number of hydrogen-bond donors (Lipinski definition) is 2. The van der Waals surface area contributed by atoms with Gasteiger partial charge >= 0.3 is 0 Å². The Kier molecular flexibility index (Phi) is 8.58. The Hall–Kier alpha value is -2.82. The summed E-state index contributed by atoms with van der Waals surface area (Å²) in [5, 5.41) is 4.24. The number of ether oxygens (including phenoxy) is 1. The summed E-state index contributed by atoms with van der Waals surface area (Å²) in [6, 6.07) is 7.08. The SMILES string of the molecule is CSNC(=O)c1nc(Cl)ccc1NC(C)c1cc(C)cc2c(=O)n(C)c(N3CCC4(CCCCOC4)CC3)nc12. The number of piperidine rings is 1. The smallest absolute Gasteiger partial charge is 0.281 e. The van der Waals surface area contributed by atoms with Gasteiger partial charge < -0.3 is 15.0 Å². The van der Waals surface area contributed by atoms with E-state index in [2.05, 4.69) is 26.0 Å². The van der Waals surface area contributed by atoms with Gasteiger partial charge in [0, 0.05) is 38.6 Å². The second kappa shape index (κ2) is 12.0. The monoisotopic (exact) mass is 584 g/mol. The highest BCUT2D eigenvalue weighted by molar-refractivity contribution is 7.97. The van der Waals surface area contributed by atoms with Gasteiger partial charge in [-0.3, -0.25) is 18.9 Å². The fourth-order valence-electron chi connectivity index (χ4n) is 5.97. The number of carbonyl (C=O) groups excluding carboxylic acids is 1. The average Bonchev–Trinajstić information content (AvgIpc) is 3.17. The molecule has 2 saturated heterocycles. The predicted octanol–water partition coefficient (Wildman–Crippen LogP) is 5.26. The van der Waals surface area contributed by atoms with Crippen molar-refractivity contribution in [1.29, 1.82) is 0 Å². The molecule has 0 bridgehead atoms. The van der Waals surface area contributed by atoms with E-state index in [1.54, 1.807) is 23.0 Å². The van der Waals surface area contributed by atoms with Crippen molar-refractivity contribution >= 4 is 52.0 Å². The van der Waals surface area contributed by atoms with Crippen molar-refractivity contribution in [2.24, 2.45) is 12.5 Å². The third kappa shape index (κ3) is 5.80. The summed E-state index contributed by atoms with van der Waals surface area (Å²) in [6.07, 6.45) is 7.38. The van der Waals surface area contributed by atoms with Gasteiger partial charge in [-0.25, -0.2) is 9.97 Å². The summed E-state index contributed by atoms with van der Waals surface area (Å²) in [5.74, 6) is 0.349. The minimum Gasteiger partial charge on any atom is -0.381 e. The molecule has 2 aliphatic heterocycles. The summed E-state index contributed by atoms with van der Waals surface area (Å²) in [7, 11) is 1.81. The number of hydrogen-bond acceptors (Lipinski definition) is 8. The molecule has 11 heteroatoms. The molecule has 1 spiro atoms. The summed E-state index contributed by atoms with van der Waals surface area (Å²) >= 11 is 7.30. The maximum Gasteiger partial charge on any atom is 0.281 e. The number of benzene rings is 1. The van der Waals surface area contributed by atoms with Gasteiger partial charge in [0.1, 0.15) is 5.15 Å². The van der Waals surface area contributed by atoms with E-state index in [-0.39, 0.29) is 33.8 Å². The second-order valence-corrected chi connectivity index (χ2v) is 12.1. The van der Waals surface area contributed by atoms with Crippen molar-refractivity contribution in [2.45, 2.75) is 52.0 Å². The number of rotatable bonds is 6. The Morgan fingerprint density at radius 2 is 1.95 bits per heavy atom. The van der Waals surface area contributed by atoms with Crippen LogP contribution in [0.1, 0.15) is 66.7 Å². The van der Waals surface area contributed by atoms with Gasteiger partial charge in [-0.2, -0.15) is 0 Å². The van der Waals surface area contributed by atoms with E-state index in [1.165, 1.54) is 24.8 Å². The fraction of sp³-hybridized carbons (Fsp3) is 0.517. The molecule has 1 unspecified atom stereocenters. The first-order chi connectivity index (χ1) is 19.2. The number of nitrogens with one attached hydrogen (secondary N) is 2. The maximum atomic E-state index is 13.6. The van der Waals surface area contributed by atoms with Crippen molar-refractivity contribution < 1.29 is 9.53 Å². The van der Waals surface area contributed by atoms with E-state index < -0.39 is 0 Å². The first-order valence-electron chi connectivity index (χ1n) is 13.8. The zero-order valence-electron chi connectivity index (χ0n) is 23.6. The topological polar surface area (TPSA) is 101 Å². The molecule has 2 aliphatic rings. The van der Waals surface area contributed by atoms with Gasteiger partial charge in [0.2, 0.25) is 5.95 Å². The summed E-state index contributed by atoms with van der Waals surface area (Å²) in [5.41, 5.74) is 3.43. The predicted molar refractivity (Wildman–Crippen MR) is 163 cm³/mol. The first-order valence-corrected chi connectivity index (χ1v) is 15.4. The molecular formula is C29H37ClN6O3S. The van der Waals surface area contributed by atoms with Crippen LogP contribution in [-0.2, 0) is 11.8 Å². The normalized spacial score (nSPS) is 18.0. The molecule has 214 valence electrons. The minimum absolute atomic E-state index is 0.0663. The van der Waals surface area contributed by atoms with Crippen LogP contribution in [0.2, 0.25) is 5.15 Å². The van der Waals surface area contributed by atoms with Gasteiger partial charge in [0.25, 0.3) is 11.5 Å². The highest BCUT2D eigenvalue weighted by Crippen LogP contribution is 2.39. The number of halogens is 1. The quantitative estimate of drug-likeness (QED) is 0.299. The average molecular weight is 585 g/mol. The lowest BCUT2D eigenvalue weighted by molar-refractivity contribution is 0.0435. The van der Waals surface area contributed by atoms with E-state index in [9.17, 15) is 9.59 Å². The molecule has 3 aromatic rings. The van der Waals surface area contributed by atoms with Crippen LogP contribution in [0.15, 0.2) is 29.1 Å². The van der Waals surface area contributed by atoms with E-state index in [1.807, 2.05) is 27.0 Å². The van der Waals surface area contributed by atoms with Crippen molar-refractivity contribution in [3.05, 3.63) is 56.6 Å². The number of anilines is 2. The van der Waals surface area contributed by atoms with Crippen molar-refractivity contribution in [3.63, 3.8) is 0 Å². The third-order valence-corrected chi connectivity index (χ3v) is 8.80. The Balaban J connectivity index is 1.49. The lowest BCUT2D eigenvalue weighted by Gasteiger charge is -2.41. The lowest BCUT2D eigenvalue weighted by atomic mass is 9.75. The van der Waals surface area contributed by atoms with Crippen LogP contribution in [0.4, 0.5) is 11.6 Å². The zero-order valence-corrected chi connectivity index (χ0v) is 25.1. The molecule has 2 N–H and O–H groups in total. The van der Waals surface area contributed by atoms with Crippen LogP contribution >= 0.6 is 23.5 Å². The van der Waals surface area contributed by atoms with Crippen LogP contribution in [0.5, 0.6) is 0 Å². The number of amides is 1. The molecule has 0 radical (unpaired) electrons. The molecule has 1 atom stereocenters. The Morgan fingerprint density at radius 3 is 2.70 bits per heavy atom. The summed E-state index contributed by atoms with van der Waals surface area (Å²) in [4.78, 5) is 37.9. The Bertz CT molecular complexity index is 1460. The van der Waals surface area contributed by atoms with Gasteiger partial charge in [0.05, 0.1) is 29.2 Å². The van der Waals surface area contributed by atoms with E-state index >= 15 is 0 Å². The van der Waals surface area contributed by atoms with Crippen LogP contribution in [-0.4, -0.2) is 53.0 Å². The van der Waals surface area contributed by atoms with Crippen molar-refractivity contribution in [1.82, 2.24) is 19.3 Å². The molecule has 4 heterocycles. The molecule has 1 amide bonds. The number of aromatic nitrogens is 3. The Labute approximate surface area is 244 Å². The zero-order chi connectivity index (χ0) is 28.4. The standard InChI is InChI=1S/C29H37ClN6O3S/c1-18-15-20(19(2)31-22-7-8-23(30)32-25(22)26(37)34-40-4)24-21(16-18)27(38)35(3)28(33-24)36-12-10-29(11-13-36)9-5-6-14-39-17-29/h7-8,15-16,19,31H,5-6,9-14,17H2,1-4H3,(H,34,37). The van der Waals surface area contributed by atoms with Gasteiger partial charge in [-0.05, 0) is 68.7 Å². The van der Waals surface area contributed by atoms with Crippen LogP contribution in [0, 0.1) is 12.3 Å². The largest absolute Gasteiger partial charge is 0.381 e. The molecule has 0 aliphatic carbocycles. The van der Waals surface area contributed by atoms with Gasteiger partial charge in [-0.15, -0.1) is 0 Å².